The molecule has 25 heavy (non-hydrogen) atoms. The van der Waals surface area contributed by atoms with Gasteiger partial charge in [-0.2, -0.15) is 0 Å². The summed E-state index contributed by atoms with van der Waals surface area (Å²) in [7, 11) is 0. The Hall–Kier alpha value is -2.67. The molecule has 1 aromatic heterocycles. The van der Waals surface area contributed by atoms with Gasteiger partial charge in [0.2, 0.25) is 6.41 Å². The number of halogens is 2. The number of hydrogen-bond acceptors (Lipinski definition) is 4. The van der Waals surface area contributed by atoms with Gasteiger partial charge in [-0.15, -0.1) is 0 Å². The summed E-state index contributed by atoms with van der Waals surface area (Å²) in [6.45, 7) is 2.70. The Balaban J connectivity index is 1.64. The topological polar surface area (TPSA) is 65.5 Å². The molecule has 0 bridgehead atoms. The Kier molecular flexibility index (Phi) is 5.14. The fraction of sp³-hybridized carbons (Fsp3) is 0.235. The Morgan fingerprint density at radius 2 is 1.96 bits per heavy atom. The molecule has 1 aliphatic rings. The van der Waals surface area contributed by atoms with Crippen LogP contribution in [-0.2, 0) is 4.79 Å². The van der Waals surface area contributed by atoms with E-state index in [2.05, 4.69) is 15.2 Å². The third kappa shape index (κ3) is 4.06. The second-order valence-corrected chi connectivity index (χ2v) is 6.02. The number of carbonyl (C=O) groups is 2. The van der Waals surface area contributed by atoms with Crippen molar-refractivity contribution in [2.45, 2.75) is 0 Å². The van der Waals surface area contributed by atoms with Gasteiger partial charge in [0.15, 0.2) is 0 Å². The zero-order valence-electron chi connectivity index (χ0n) is 13.3. The highest BCUT2D eigenvalue weighted by atomic mass is 35.5. The van der Waals surface area contributed by atoms with Gasteiger partial charge in [-0.05, 0) is 30.3 Å². The third-order valence-electron chi connectivity index (χ3n) is 3.97. The average molecular weight is 363 g/mol. The Morgan fingerprint density at radius 3 is 2.56 bits per heavy atom. The molecule has 8 heteroatoms. The van der Waals surface area contributed by atoms with E-state index >= 15 is 0 Å². The van der Waals surface area contributed by atoms with Crippen LogP contribution in [-0.4, -0.2) is 48.4 Å². The molecule has 0 unspecified atom stereocenters. The molecular formula is C17H16ClFN4O2. The van der Waals surface area contributed by atoms with Crippen LogP contribution in [0.1, 0.15) is 10.4 Å². The van der Waals surface area contributed by atoms with Crippen LogP contribution in [0.3, 0.4) is 0 Å². The van der Waals surface area contributed by atoms with Gasteiger partial charge in [-0.3, -0.25) is 9.59 Å². The zero-order chi connectivity index (χ0) is 17.8. The summed E-state index contributed by atoms with van der Waals surface area (Å²) in [6, 6.07) is 7.42. The van der Waals surface area contributed by atoms with Gasteiger partial charge in [0.25, 0.3) is 5.91 Å². The third-order valence-corrected chi connectivity index (χ3v) is 4.26. The number of pyridine rings is 1. The van der Waals surface area contributed by atoms with E-state index in [4.69, 9.17) is 11.6 Å². The lowest BCUT2D eigenvalue weighted by Gasteiger charge is -2.33. The van der Waals surface area contributed by atoms with Crippen molar-refractivity contribution >= 4 is 35.4 Å². The van der Waals surface area contributed by atoms with Gasteiger partial charge in [0.05, 0.1) is 10.6 Å². The number of anilines is 2. The summed E-state index contributed by atoms with van der Waals surface area (Å²) in [6.07, 6.45) is 2.34. The number of benzene rings is 1. The first-order valence-corrected chi connectivity index (χ1v) is 8.11. The maximum atomic E-state index is 13.1. The molecule has 1 saturated heterocycles. The first-order chi connectivity index (χ1) is 12.1. The smallest absolute Gasteiger partial charge is 0.257 e. The van der Waals surface area contributed by atoms with Crippen LogP contribution < -0.4 is 10.2 Å². The lowest BCUT2D eigenvalue weighted by molar-refractivity contribution is -0.118. The number of hydrogen-bond donors (Lipinski definition) is 1. The monoisotopic (exact) mass is 362 g/mol. The van der Waals surface area contributed by atoms with E-state index in [1.807, 2.05) is 0 Å². The Morgan fingerprint density at radius 1 is 1.20 bits per heavy atom. The van der Waals surface area contributed by atoms with Crippen LogP contribution in [0.25, 0.3) is 0 Å². The maximum Gasteiger partial charge on any atom is 0.257 e. The minimum absolute atomic E-state index is 0.0549. The van der Waals surface area contributed by atoms with Gasteiger partial charge in [0, 0.05) is 38.1 Å². The van der Waals surface area contributed by atoms with Gasteiger partial charge in [-0.1, -0.05) is 11.6 Å². The largest absolute Gasteiger partial charge is 0.353 e. The second-order valence-electron chi connectivity index (χ2n) is 5.62. The van der Waals surface area contributed by atoms with Gasteiger partial charge in [-0.25, -0.2) is 9.37 Å². The van der Waals surface area contributed by atoms with Crippen LogP contribution in [0.2, 0.25) is 5.02 Å². The van der Waals surface area contributed by atoms with Crippen molar-refractivity contribution in [3.63, 3.8) is 0 Å². The first kappa shape index (κ1) is 17.2. The molecule has 0 spiro atoms. The van der Waals surface area contributed by atoms with E-state index in [1.54, 1.807) is 17.0 Å². The van der Waals surface area contributed by atoms with Crippen LogP contribution in [0, 0.1) is 5.82 Å². The van der Waals surface area contributed by atoms with Crippen molar-refractivity contribution in [2.75, 3.05) is 36.4 Å². The lowest BCUT2D eigenvalue weighted by atomic mass is 10.2. The molecule has 1 N–H and O–H groups in total. The van der Waals surface area contributed by atoms with Crippen molar-refractivity contribution in [2.24, 2.45) is 0 Å². The maximum absolute atomic E-state index is 13.1. The minimum Gasteiger partial charge on any atom is -0.353 e. The fourth-order valence-corrected chi connectivity index (χ4v) is 2.72. The summed E-state index contributed by atoms with van der Waals surface area (Å²) >= 11 is 5.70. The van der Waals surface area contributed by atoms with Gasteiger partial charge >= 0.3 is 0 Å². The zero-order valence-corrected chi connectivity index (χ0v) is 14.0. The Labute approximate surface area is 149 Å². The molecule has 2 heterocycles. The van der Waals surface area contributed by atoms with Crippen molar-refractivity contribution in [3.8, 4) is 0 Å². The highest BCUT2D eigenvalue weighted by Gasteiger charge is 2.17. The van der Waals surface area contributed by atoms with Crippen LogP contribution in [0.5, 0.6) is 0 Å². The number of carbonyl (C=O) groups excluding carboxylic acids is 2. The normalized spacial score (nSPS) is 14.3. The van der Waals surface area contributed by atoms with E-state index in [0.29, 0.717) is 37.4 Å². The lowest BCUT2D eigenvalue weighted by Crippen LogP contribution is -2.46. The van der Waals surface area contributed by atoms with Crippen LogP contribution in [0.4, 0.5) is 15.9 Å². The van der Waals surface area contributed by atoms with E-state index in [1.165, 1.54) is 24.4 Å². The standard InChI is InChI=1S/C17H16ClFN4O2/c18-14-9-13(2-3-15(14)19)21-17(25)12-1-4-16(20-10-12)23-7-5-22(11-24)6-8-23/h1-4,9-11H,5-8H2,(H,21,25). The quantitative estimate of drug-likeness (QED) is 0.848. The number of nitrogens with zero attached hydrogens (tertiary/aromatic N) is 3. The summed E-state index contributed by atoms with van der Waals surface area (Å²) in [4.78, 5) is 31.1. The SMILES string of the molecule is O=CN1CCN(c2ccc(C(=O)Nc3ccc(F)c(Cl)c3)cn2)CC1. The number of aromatic nitrogens is 1. The van der Waals surface area contributed by atoms with Crippen LogP contribution >= 0.6 is 11.6 Å². The van der Waals surface area contributed by atoms with Crippen LogP contribution in [0.15, 0.2) is 36.5 Å². The number of amides is 2. The summed E-state index contributed by atoms with van der Waals surface area (Å²) in [5.74, 6) is -0.139. The van der Waals surface area contributed by atoms with Crippen molar-refractivity contribution in [1.82, 2.24) is 9.88 Å². The average Bonchev–Trinajstić information content (AvgIpc) is 2.65. The minimum atomic E-state index is -0.541. The molecule has 2 amide bonds. The van der Waals surface area contributed by atoms with E-state index in [0.717, 1.165) is 12.2 Å². The first-order valence-electron chi connectivity index (χ1n) is 7.73. The van der Waals surface area contributed by atoms with E-state index in [9.17, 15) is 14.0 Å². The molecule has 0 atom stereocenters. The highest BCUT2D eigenvalue weighted by Crippen LogP contribution is 2.20. The fourth-order valence-electron chi connectivity index (χ4n) is 2.54. The molecule has 2 aromatic rings. The number of piperazine rings is 1. The van der Waals surface area contributed by atoms with Crippen molar-refractivity contribution in [1.29, 1.82) is 0 Å². The predicted molar refractivity (Wildman–Crippen MR) is 93.5 cm³/mol. The number of nitrogens with one attached hydrogen (secondary N) is 1. The van der Waals surface area contributed by atoms with Crippen molar-refractivity contribution < 1.29 is 14.0 Å². The molecule has 1 aliphatic heterocycles. The molecule has 1 aromatic carbocycles. The Bertz CT molecular complexity index is 777. The molecule has 0 radical (unpaired) electrons. The molecule has 1 fully saturated rings. The van der Waals surface area contributed by atoms with Crippen molar-refractivity contribution in [3.05, 3.63) is 52.9 Å². The summed E-state index contributed by atoms with van der Waals surface area (Å²) < 4.78 is 13.1. The molecular weight excluding hydrogens is 347 g/mol. The second kappa shape index (κ2) is 7.48. The summed E-state index contributed by atoms with van der Waals surface area (Å²) in [5.41, 5.74) is 0.793. The molecule has 6 nitrogen and oxygen atoms in total. The predicted octanol–water partition coefficient (Wildman–Crippen LogP) is 2.40. The molecule has 0 saturated carbocycles. The number of rotatable bonds is 4. The van der Waals surface area contributed by atoms with Gasteiger partial charge in [0.1, 0.15) is 11.6 Å². The van der Waals surface area contributed by atoms with Gasteiger partial charge < -0.3 is 15.1 Å². The highest BCUT2D eigenvalue weighted by molar-refractivity contribution is 6.31. The summed E-state index contributed by atoms with van der Waals surface area (Å²) in [5, 5.41) is 2.59. The molecule has 0 aliphatic carbocycles. The molecule has 130 valence electrons. The molecule has 3 rings (SSSR count). The van der Waals surface area contributed by atoms with E-state index < -0.39 is 5.82 Å². The van der Waals surface area contributed by atoms with E-state index in [-0.39, 0.29) is 10.9 Å².